The van der Waals surface area contributed by atoms with Gasteiger partial charge in [-0.3, -0.25) is 0 Å². The largest absolute Gasteiger partial charge is 0.394 e. The molecule has 0 heterocycles. The third-order valence-corrected chi connectivity index (χ3v) is 13.1. The molecule has 0 saturated heterocycles. The van der Waals surface area contributed by atoms with E-state index in [1.165, 1.54) is 295 Å². The van der Waals surface area contributed by atoms with Crippen LogP contribution in [0.2, 0.25) is 0 Å². The first kappa shape index (κ1) is 57.6. The minimum Gasteiger partial charge on any atom is -0.394 e. The zero-order valence-corrected chi connectivity index (χ0v) is 40.0. The summed E-state index contributed by atoms with van der Waals surface area (Å²) < 4.78 is 0. The number of allylic oxidation sites excluding steroid dienone is 2. The standard InChI is InChI=1S/C55H110O3/c1-2-3-4-5-6-7-8-9-10-11-12-13-14-15-16-17-18-19-20-21-22-23-24-25-26-27-28-29-30-31-32-33-34-35-36-37-38-39-40-41-42-43-44-45-46-47-48-49-50-51-52-54(57)55(58)53-56/h9-10,54-58H,2-8,11-53H2,1H3/b10-9-. The molecule has 3 N–H and O–H groups in total. The summed E-state index contributed by atoms with van der Waals surface area (Å²) in [6.45, 7) is 1.95. The van der Waals surface area contributed by atoms with Crippen molar-refractivity contribution in [2.75, 3.05) is 6.61 Å². The third-order valence-electron chi connectivity index (χ3n) is 13.1. The minimum absolute atomic E-state index is 0.347. The summed E-state index contributed by atoms with van der Waals surface area (Å²) in [4.78, 5) is 0. The SMILES string of the molecule is CCCCCCCC/C=C\CCCCCCCCCCCCCCCCCCCCCCCCCCCCCCCCCCCCCCCCCCC(O)C(O)CO. The van der Waals surface area contributed by atoms with Gasteiger partial charge in [-0.25, -0.2) is 0 Å². The maximum Gasteiger partial charge on any atom is 0.103 e. The van der Waals surface area contributed by atoms with Crippen LogP contribution >= 0.6 is 0 Å². The summed E-state index contributed by atoms with van der Waals surface area (Å²) in [6.07, 6.45) is 71.8. The topological polar surface area (TPSA) is 60.7 Å². The van der Waals surface area contributed by atoms with Crippen molar-refractivity contribution in [3.8, 4) is 0 Å². The van der Waals surface area contributed by atoms with E-state index >= 15 is 0 Å². The van der Waals surface area contributed by atoms with Crippen molar-refractivity contribution in [2.45, 2.75) is 334 Å². The highest BCUT2D eigenvalue weighted by Crippen LogP contribution is 2.18. The van der Waals surface area contributed by atoms with Crippen molar-refractivity contribution in [1.29, 1.82) is 0 Å². The first-order valence-corrected chi connectivity index (χ1v) is 27.3. The van der Waals surface area contributed by atoms with Crippen LogP contribution < -0.4 is 0 Å². The van der Waals surface area contributed by atoms with E-state index in [0.717, 1.165) is 12.8 Å². The predicted octanol–water partition coefficient (Wildman–Crippen LogP) is 18.4. The first-order valence-electron chi connectivity index (χ1n) is 27.3. The Morgan fingerprint density at radius 1 is 0.259 bits per heavy atom. The first-order chi connectivity index (χ1) is 28.7. The van der Waals surface area contributed by atoms with Gasteiger partial charge in [0.15, 0.2) is 0 Å². The van der Waals surface area contributed by atoms with Crippen LogP contribution in [0.5, 0.6) is 0 Å². The Bertz CT molecular complexity index is 737. The highest BCUT2D eigenvalue weighted by atomic mass is 16.4. The van der Waals surface area contributed by atoms with E-state index in [2.05, 4.69) is 19.1 Å². The van der Waals surface area contributed by atoms with Crippen LogP contribution in [-0.2, 0) is 0 Å². The Kier molecular flexibility index (Phi) is 52.4. The molecule has 2 atom stereocenters. The fourth-order valence-corrected chi connectivity index (χ4v) is 8.93. The van der Waals surface area contributed by atoms with Gasteiger partial charge in [-0.15, -0.1) is 0 Å². The molecule has 58 heavy (non-hydrogen) atoms. The molecule has 348 valence electrons. The van der Waals surface area contributed by atoms with Gasteiger partial charge in [0.2, 0.25) is 0 Å². The molecule has 0 rings (SSSR count). The lowest BCUT2D eigenvalue weighted by molar-refractivity contribution is -0.0185. The minimum atomic E-state index is -0.975. The second-order valence-electron chi connectivity index (χ2n) is 19.1. The van der Waals surface area contributed by atoms with Crippen LogP contribution in [0.15, 0.2) is 12.2 Å². The Morgan fingerprint density at radius 2 is 0.448 bits per heavy atom. The van der Waals surface area contributed by atoms with Crippen LogP contribution in [0.25, 0.3) is 0 Å². The van der Waals surface area contributed by atoms with Crippen molar-refractivity contribution in [3.05, 3.63) is 12.2 Å². The second kappa shape index (κ2) is 52.8. The van der Waals surface area contributed by atoms with Crippen molar-refractivity contribution in [2.24, 2.45) is 0 Å². The second-order valence-corrected chi connectivity index (χ2v) is 19.1. The van der Waals surface area contributed by atoms with Crippen LogP contribution in [0.4, 0.5) is 0 Å². The molecule has 0 aliphatic carbocycles. The van der Waals surface area contributed by atoms with Gasteiger partial charge in [-0.2, -0.15) is 0 Å². The molecule has 0 aliphatic rings. The van der Waals surface area contributed by atoms with Crippen molar-refractivity contribution < 1.29 is 15.3 Å². The average Bonchev–Trinajstić information content (AvgIpc) is 3.23. The smallest absolute Gasteiger partial charge is 0.103 e. The molecule has 3 heteroatoms. The van der Waals surface area contributed by atoms with Gasteiger partial charge < -0.3 is 15.3 Å². The van der Waals surface area contributed by atoms with Gasteiger partial charge in [0.05, 0.1) is 12.7 Å². The van der Waals surface area contributed by atoms with E-state index < -0.39 is 12.2 Å². The number of unbranched alkanes of at least 4 members (excludes halogenated alkanes) is 46. The van der Waals surface area contributed by atoms with Gasteiger partial charge >= 0.3 is 0 Å². The van der Waals surface area contributed by atoms with Crippen LogP contribution in [0.1, 0.15) is 322 Å². The third kappa shape index (κ3) is 50.0. The molecule has 0 aromatic heterocycles. The summed E-state index contributed by atoms with van der Waals surface area (Å²) in [6, 6.07) is 0. The monoisotopic (exact) mass is 819 g/mol. The fraction of sp³-hybridized carbons (Fsp3) is 0.964. The molecule has 0 aliphatic heterocycles. The average molecular weight is 819 g/mol. The lowest BCUT2D eigenvalue weighted by atomic mass is 10.0. The Hall–Kier alpha value is -0.380. The summed E-state index contributed by atoms with van der Waals surface area (Å²) in [7, 11) is 0. The highest BCUT2D eigenvalue weighted by molar-refractivity contribution is 4.81. The molecule has 0 saturated carbocycles. The van der Waals surface area contributed by atoms with Crippen molar-refractivity contribution >= 4 is 0 Å². The van der Waals surface area contributed by atoms with Crippen LogP contribution in [-0.4, -0.2) is 34.1 Å². The highest BCUT2D eigenvalue weighted by Gasteiger charge is 2.13. The zero-order chi connectivity index (χ0) is 41.9. The summed E-state index contributed by atoms with van der Waals surface area (Å²) in [5.74, 6) is 0. The molecular formula is C55H110O3. The van der Waals surface area contributed by atoms with Gasteiger partial charge in [-0.05, 0) is 32.1 Å². The maximum atomic E-state index is 9.66. The maximum absolute atomic E-state index is 9.66. The number of aliphatic hydroxyl groups is 3. The molecule has 0 fully saturated rings. The molecule has 0 aromatic carbocycles. The lowest BCUT2D eigenvalue weighted by Crippen LogP contribution is -2.28. The fourth-order valence-electron chi connectivity index (χ4n) is 8.93. The van der Waals surface area contributed by atoms with Crippen LogP contribution in [0.3, 0.4) is 0 Å². The number of rotatable bonds is 52. The number of hydrogen-bond acceptors (Lipinski definition) is 3. The summed E-state index contributed by atoms with van der Waals surface area (Å²) >= 11 is 0. The van der Waals surface area contributed by atoms with E-state index in [9.17, 15) is 10.2 Å². The van der Waals surface area contributed by atoms with E-state index in [1.807, 2.05) is 0 Å². The molecule has 0 spiro atoms. The van der Waals surface area contributed by atoms with Gasteiger partial charge in [0, 0.05) is 0 Å². The van der Waals surface area contributed by atoms with Gasteiger partial charge in [0.1, 0.15) is 6.10 Å². The van der Waals surface area contributed by atoms with Crippen molar-refractivity contribution in [1.82, 2.24) is 0 Å². The summed E-state index contributed by atoms with van der Waals surface area (Å²) in [5.41, 5.74) is 0. The predicted molar refractivity (Wildman–Crippen MR) is 260 cm³/mol. The Balaban J connectivity index is 3.10. The quantitative estimate of drug-likeness (QED) is 0.0423. The lowest BCUT2D eigenvalue weighted by Gasteiger charge is -2.14. The number of hydrogen-bond donors (Lipinski definition) is 3. The van der Waals surface area contributed by atoms with E-state index in [0.29, 0.717) is 6.42 Å². The molecule has 0 amide bonds. The molecule has 0 radical (unpaired) electrons. The normalized spacial score (nSPS) is 13.0. The van der Waals surface area contributed by atoms with E-state index in [4.69, 9.17) is 5.11 Å². The molecule has 0 bridgehead atoms. The molecular weight excluding hydrogens is 709 g/mol. The van der Waals surface area contributed by atoms with Crippen LogP contribution in [0, 0.1) is 0 Å². The summed E-state index contributed by atoms with van der Waals surface area (Å²) in [5, 5.41) is 27.9. The Labute approximate surface area is 366 Å². The van der Waals surface area contributed by atoms with Gasteiger partial charge in [-0.1, -0.05) is 302 Å². The Morgan fingerprint density at radius 3 is 0.655 bits per heavy atom. The van der Waals surface area contributed by atoms with E-state index in [1.54, 1.807) is 0 Å². The van der Waals surface area contributed by atoms with E-state index in [-0.39, 0.29) is 6.61 Å². The van der Waals surface area contributed by atoms with Gasteiger partial charge in [0.25, 0.3) is 0 Å². The van der Waals surface area contributed by atoms with Crippen molar-refractivity contribution in [3.63, 3.8) is 0 Å². The number of aliphatic hydroxyl groups excluding tert-OH is 3. The molecule has 2 unspecified atom stereocenters. The molecule has 3 nitrogen and oxygen atoms in total. The molecule has 0 aromatic rings. The zero-order valence-electron chi connectivity index (χ0n) is 40.0.